The number of halogens is 2. The molecule has 1 N–H and O–H groups in total. The maximum Gasteiger partial charge on any atom is 0.354 e. The third kappa shape index (κ3) is 2.88. The predicted octanol–water partition coefficient (Wildman–Crippen LogP) is 3.26. The number of para-hydroxylation sites is 1. The molecule has 0 bridgehead atoms. The van der Waals surface area contributed by atoms with Crippen molar-refractivity contribution in [1.82, 2.24) is 9.55 Å². The van der Waals surface area contributed by atoms with Crippen LogP contribution in [0.4, 0.5) is 5.82 Å². The number of nitrogens with zero attached hydrogens (tertiary/aromatic N) is 3. The van der Waals surface area contributed by atoms with Gasteiger partial charge in [0.2, 0.25) is 0 Å². The molecule has 0 unspecified atom stereocenters. The Bertz CT molecular complexity index is 1020. The number of anilines is 1. The molecule has 0 amide bonds. The predicted molar refractivity (Wildman–Crippen MR) is 100 cm³/mol. The third-order valence-electron chi connectivity index (χ3n) is 4.39. The SMILES string of the molecule is O=c1nc(N2CC[C@@H](O)C2)c2ccc(Cl)cc2n1-c1ccccc1Cl. The summed E-state index contributed by atoms with van der Waals surface area (Å²) >= 11 is 12.5. The van der Waals surface area contributed by atoms with Crippen LogP contribution in [0.5, 0.6) is 0 Å². The monoisotopic (exact) mass is 375 g/mol. The molecule has 1 saturated heterocycles. The van der Waals surface area contributed by atoms with Crippen LogP contribution in [0.15, 0.2) is 47.3 Å². The zero-order chi connectivity index (χ0) is 17.6. The van der Waals surface area contributed by atoms with Crippen LogP contribution in [-0.4, -0.2) is 33.9 Å². The van der Waals surface area contributed by atoms with E-state index in [9.17, 15) is 9.90 Å². The Morgan fingerprint density at radius 2 is 1.96 bits per heavy atom. The molecular weight excluding hydrogens is 361 g/mol. The van der Waals surface area contributed by atoms with Gasteiger partial charge in [0.1, 0.15) is 5.82 Å². The Morgan fingerprint density at radius 1 is 1.16 bits per heavy atom. The largest absolute Gasteiger partial charge is 0.391 e. The molecule has 1 aliphatic heterocycles. The van der Waals surface area contributed by atoms with Gasteiger partial charge in [-0.3, -0.25) is 4.57 Å². The van der Waals surface area contributed by atoms with Gasteiger partial charge < -0.3 is 10.0 Å². The lowest BCUT2D eigenvalue weighted by molar-refractivity contribution is 0.198. The molecule has 2 aromatic carbocycles. The summed E-state index contributed by atoms with van der Waals surface area (Å²) in [6.07, 6.45) is 0.250. The first-order valence-electron chi connectivity index (χ1n) is 7.95. The summed E-state index contributed by atoms with van der Waals surface area (Å²) in [6.45, 7) is 1.11. The van der Waals surface area contributed by atoms with Crippen molar-refractivity contribution in [3.63, 3.8) is 0 Å². The number of fused-ring (bicyclic) bond motifs is 1. The van der Waals surface area contributed by atoms with Crippen LogP contribution < -0.4 is 10.6 Å². The van der Waals surface area contributed by atoms with Gasteiger partial charge >= 0.3 is 5.69 Å². The van der Waals surface area contributed by atoms with E-state index in [4.69, 9.17) is 23.2 Å². The fourth-order valence-corrected chi connectivity index (χ4v) is 3.61. The van der Waals surface area contributed by atoms with Crippen LogP contribution >= 0.6 is 23.2 Å². The molecule has 0 saturated carbocycles. The van der Waals surface area contributed by atoms with Gasteiger partial charge in [-0.25, -0.2) is 4.79 Å². The van der Waals surface area contributed by atoms with Crippen molar-refractivity contribution in [3.05, 3.63) is 63.0 Å². The highest BCUT2D eigenvalue weighted by Crippen LogP contribution is 2.30. The minimum Gasteiger partial charge on any atom is -0.391 e. The maximum absolute atomic E-state index is 12.8. The minimum absolute atomic E-state index is 0.407. The standard InChI is InChI=1S/C18H15Cl2N3O2/c19-11-5-6-13-16(9-11)23(15-4-2-1-3-14(15)20)18(25)21-17(13)22-8-7-12(24)10-22/h1-6,9,12,24H,7-8,10H2/t12-/m1/s1. The molecule has 5 nitrogen and oxygen atoms in total. The molecule has 0 aliphatic carbocycles. The van der Waals surface area contributed by atoms with Crippen LogP contribution in [0.2, 0.25) is 10.0 Å². The Balaban J connectivity index is 2.03. The lowest BCUT2D eigenvalue weighted by atomic mass is 10.2. The molecule has 7 heteroatoms. The van der Waals surface area contributed by atoms with Crippen LogP contribution in [0.25, 0.3) is 16.6 Å². The van der Waals surface area contributed by atoms with E-state index in [-0.39, 0.29) is 0 Å². The second kappa shape index (κ2) is 6.33. The molecule has 128 valence electrons. The molecule has 2 heterocycles. The number of benzene rings is 2. The van der Waals surface area contributed by atoms with Gasteiger partial charge in [-0.1, -0.05) is 35.3 Å². The highest BCUT2D eigenvalue weighted by Gasteiger charge is 2.25. The summed E-state index contributed by atoms with van der Waals surface area (Å²) in [7, 11) is 0. The van der Waals surface area contributed by atoms with Gasteiger partial charge in [-0.15, -0.1) is 0 Å². The summed E-state index contributed by atoms with van der Waals surface area (Å²) in [4.78, 5) is 19.0. The number of aliphatic hydroxyl groups is 1. The number of aliphatic hydroxyl groups excluding tert-OH is 1. The number of aromatic nitrogens is 2. The molecule has 25 heavy (non-hydrogen) atoms. The van der Waals surface area contributed by atoms with E-state index in [0.717, 1.165) is 5.39 Å². The first-order chi connectivity index (χ1) is 12.0. The van der Waals surface area contributed by atoms with Crippen LogP contribution in [-0.2, 0) is 0 Å². The average Bonchev–Trinajstić information content (AvgIpc) is 3.01. The summed E-state index contributed by atoms with van der Waals surface area (Å²) < 4.78 is 1.47. The maximum atomic E-state index is 12.8. The number of hydrogen-bond donors (Lipinski definition) is 1. The smallest absolute Gasteiger partial charge is 0.354 e. The van der Waals surface area contributed by atoms with E-state index in [1.54, 1.807) is 30.3 Å². The van der Waals surface area contributed by atoms with Gasteiger partial charge in [0.25, 0.3) is 0 Å². The van der Waals surface area contributed by atoms with E-state index in [1.807, 2.05) is 17.0 Å². The number of rotatable bonds is 2. The van der Waals surface area contributed by atoms with Gasteiger partial charge in [0.15, 0.2) is 0 Å². The Morgan fingerprint density at radius 3 is 2.68 bits per heavy atom. The summed E-state index contributed by atoms with van der Waals surface area (Å²) in [6, 6.07) is 12.5. The molecule has 4 rings (SSSR count). The van der Waals surface area contributed by atoms with Crippen molar-refractivity contribution < 1.29 is 5.11 Å². The first kappa shape index (κ1) is 16.4. The molecular formula is C18H15Cl2N3O2. The lowest BCUT2D eigenvalue weighted by Gasteiger charge is -2.20. The van der Waals surface area contributed by atoms with Crippen LogP contribution in [0.1, 0.15) is 6.42 Å². The Labute approximate surface area is 154 Å². The normalized spacial score (nSPS) is 17.4. The molecule has 1 atom stereocenters. The van der Waals surface area contributed by atoms with Crippen LogP contribution in [0, 0.1) is 0 Å². The molecule has 1 aromatic heterocycles. The van der Waals surface area contributed by atoms with Gasteiger partial charge in [0.05, 0.1) is 22.3 Å². The van der Waals surface area contributed by atoms with Crippen molar-refractivity contribution in [1.29, 1.82) is 0 Å². The van der Waals surface area contributed by atoms with Crippen LogP contribution in [0.3, 0.4) is 0 Å². The first-order valence-corrected chi connectivity index (χ1v) is 8.70. The Hall–Kier alpha value is -2.08. The lowest BCUT2D eigenvalue weighted by Crippen LogP contribution is -2.29. The second-order valence-electron chi connectivity index (χ2n) is 6.05. The Kier molecular flexibility index (Phi) is 4.15. The topological polar surface area (TPSA) is 58.4 Å². The summed E-state index contributed by atoms with van der Waals surface area (Å²) in [5.74, 6) is 0.566. The van der Waals surface area contributed by atoms with E-state index < -0.39 is 11.8 Å². The fraction of sp³-hybridized carbons (Fsp3) is 0.222. The van der Waals surface area contributed by atoms with Crippen molar-refractivity contribution in [2.24, 2.45) is 0 Å². The fourth-order valence-electron chi connectivity index (χ4n) is 3.22. The number of hydrogen-bond acceptors (Lipinski definition) is 4. The minimum atomic E-state index is -0.431. The average molecular weight is 376 g/mol. The van der Waals surface area contributed by atoms with Gasteiger partial charge in [-0.05, 0) is 36.8 Å². The van der Waals surface area contributed by atoms with E-state index >= 15 is 0 Å². The molecule has 0 radical (unpaired) electrons. The zero-order valence-corrected chi connectivity index (χ0v) is 14.7. The molecule has 1 aliphatic rings. The van der Waals surface area contributed by atoms with E-state index in [2.05, 4.69) is 4.98 Å². The third-order valence-corrected chi connectivity index (χ3v) is 4.95. The summed E-state index contributed by atoms with van der Waals surface area (Å²) in [5, 5.41) is 11.6. The van der Waals surface area contributed by atoms with E-state index in [1.165, 1.54) is 4.57 Å². The summed E-state index contributed by atoms with van der Waals surface area (Å²) in [5.41, 5.74) is 0.762. The second-order valence-corrected chi connectivity index (χ2v) is 6.90. The van der Waals surface area contributed by atoms with Crippen molar-refractivity contribution >= 4 is 39.9 Å². The molecule has 1 fully saturated rings. The van der Waals surface area contributed by atoms with E-state index in [0.29, 0.717) is 46.6 Å². The van der Waals surface area contributed by atoms with Gasteiger partial charge in [-0.2, -0.15) is 4.98 Å². The highest BCUT2D eigenvalue weighted by molar-refractivity contribution is 6.32. The quantitative estimate of drug-likeness (QED) is 0.746. The molecule has 0 spiro atoms. The highest BCUT2D eigenvalue weighted by atomic mass is 35.5. The van der Waals surface area contributed by atoms with Crippen molar-refractivity contribution in [2.45, 2.75) is 12.5 Å². The molecule has 3 aromatic rings. The van der Waals surface area contributed by atoms with Crippen molar-refractivity contribution in [3.8, 4) is 5.69 Å². The van der Waals surface area contributed by atoms with Crippen molar-refractivity contribution in [2.75, 3.05) is 18.0 Å². The number of β-amino-alcohol motifs (C(OH)–C–C–N with tert-alkyl or cyclic N) is 1. The van der Waals surface area contributed by atoms with Gasteiger partial charge in [0, 0.05) is 23.5 Å². The zero-order valence-electron chi connectivity index (χ0n) is 13.2.